The van der Waals surface area contributed by atoms with Gasteiger partial charge in [0.25, 0.3) is 0 Å². The molecule has 15 heavy (non-hydrogen) atoms. The second-order valence-corrected chi connectivity index (χ2v) is 3.62. The Morgan fingerprint density at radius 1 is 1.53 bits per heavy atom. The molecule has 0 aliphatic rings. The van der Waals surface area contributed by atoms with Crippen molar-refractivity contribution in [2.24, 2.45) is 5.73 Å². The third-order valence-electron chi connectivity index (χ3n) is 2.25. The van der Waals surface area contributed by atoms with E-state index in [4.69, 9.17) is 5.73 Å². The van der Waals surface area contributed by atoms with Crippen molar-refractivity contribution in [2.75, 3.05) is 11.9 Å². The normalized spacial score (nSPS) is 12.3. The number of aryl methyl sites for hydroxylation is 1. The van der Waals surface area contributed by atoms with Gasteiger partial charge < -0.3 is 10.6 Å². The maximum Gasteiger partial charge on any atom is 0.243 e. The summed E-state index contributed by atoms with van der Waals surface area (Å²) in [5, 5.41) is 0. The van der Waals surface area contributed by atoms with Crippen molar-refractivity contribution in [2.45, 2.75) is 19.9 Å². The minimum atomic E-state index is -0.555. The average molecular weight is 210 g/mol. The van der Waals surface area contributed by atoms with Crippen LogP contribution in [0.2, 0.25) is 0 Å². The van der Waals surface area contributed by atoms with E-state index in [1.165, 1.54) is 11.0 Å². The molecule has 0 aromatic heterocycles. The molecule has 0 aliphatic carbocycles. The zero-order valence-electron chi connectivity index (χ0n) is 9.12. The largest absolute Gasteiger partial charge is 0.320 e. The molecule has 0 saturated heterocycles. The number of carbonyl (C=O) groups excluding carboxylic acids is 1. The van der Waals surface area contributed by atoms with Gasteiger partial charge in [-0.15, -0.1) is 0 Å². The number of hydrogen-bond acceptors (Lipinski definition) is 2. The van der Waals surface area contributed by atoms with Gasteiger partial charge in [0.05, 0.1) is 6.04 Å². The summed E-state index contributed by atoms with van der Waals surface area (Å²) in [5.41, 5.74) is 6.64. The third-order valence-corrected chi connectivity index (χ3v) is 2.25. The second-order valence-electron chi connectivity index (χ2n) is 3.62. The summed E-state index contributed by atoms with van der Waals surface area (Å²) in [7, 11) is 1.62. The highest BCUT2D eigenvalue weighted by atomic mass is 19.1. The van der Waals surface area contributed by atoms with E-state index in [0.717, 1.165) is 0 Å². The van der Waals surface area contributed by atoms with E-state index >= 15 is 0 Å². The number of amides is 1. The van der Waals surface area contributed by atoms with Gasteiger partial charge in [0.2, 0.25) is 5.91 Å². The van der Waals surface area contributed by atoms with Crippen LogP contribution in [0.15, 0.2) is 18.2 Å². The molecule has 1 unspecified atom stereocenters. The number of hydrogen-bond donors (Lipinski definition) is 1. The van der Waals surface area contributed by atoms with Crippen molar-refractivity contribution in [1.29, 1.82) is 0 Å². The van der Waals surface area contributed by atoms with Gasteiger partial charge in [-0.05, 0) is 37.6 Å². The minimum absolute atomic E-state index is 0.194. The van der Waals surface area contributed by atoms with Gasteiger partial charge in [0.1, 0.15) is 5.82 Å². The first-order valence-corrected chi connectivity index (χ1v) is 4.72. The van der Waals surface area contributed by atoms with Crippen molar-refractivity contribution in [3.05, 3.63) is 29.6 Å². The molecule has 0 bridgehead atoms. The van der Waals surface area contributed by atoms with Gasteiger partial charge in [-0.1, -0.05) is 0 Å². The first-order valence-electron chi connectivity index (χ1n) is 4.72. The van der Waals surface area contributed by atoms with Gasteiger partial charge in [0, 0.05) is 12.7 Å². The fourth-order valence-corrected chi connectivity index (χ4v) is 1.27. The van der Waals surface area contributed by atoms with Crippen LogP contribution in [0.1, 0.15) is 12.5 Å². The van der Waals surface area contributed by atoms with Crippen molar-refractivity contribution in [1.82, 2.24) is 0 Å². The van der Waals surface area contributed by atoms with Crippen LogP contribution in [0, 0.1) is 12.7 Å². The lowest BCUT2D eigenvalue weighted by atomic mass is 10.2. The molecule has 0 saturated carbocycles. The molecule has 1 aromatic rings. The van der Waals surface area contributed by atoms with Crippen LogP contribution in [-0.4, -0.2) is 19.0 Å². The smallest absolute Gasteiger partial charge is 0.243 e. The molecule has 0 radical (unpaired) electrons. The zero-order chi connectivity index (χ0) is 11.6. The summed E-state index contributed by atoms with van der Waals surface area (Å²) in [6.07, 6.45) is 0. The van der Waals surface area contributed by atoms with Crippen molar-refractivity contribution >= 4 is 11.6 Å². The summed E-state index contributed by atoms with van der Waals surface area (Å²) in [6.45, 7) is 3.28. The van der Waals surface area contributed by atoms with Crippen LogP contribution in [0.4, 0.5) is 10.1 Å². The molecule has 0 aliphatic heterocycles. The standard InChI is InChI=1S/C11H15FN2O/c1-7-6-9(4-5-10(7)12)14(3)11(15)8(2)13/h4-6,8H,13H2,1-3H3. The van der Waals surface area contributed by atoms with Gasteiger partial charge >= 0.3 is 0 Å². The van der Waals surface area contributed by atoms with Gasteiger partial charge in [-0.2, -0.15) is 0 Å². The van der Waals surface area contributed by atoms with E-state index in [0.29, 0.717) is 11.3 Å². The lowest BCUT2D eigenvalue weighted by Gasteiger charge is -2.19. The Balaban J connectivity index is 2.97. The molecule has 0 fully saturated rings. The molecular weight excluding hydrogens is 195 g/mol. The zero-order valence-corrected chi connectivity index (χ0v) is 9.12. The Bertz CT molecular complexity index is 377. The predicted octanol–water partition coefficient (Wildman–Crippen LogP) is 1.44. The highest BCUT2D eigenvalue weighted by Crippen LogP contribution is 2.17. The quantitative estimate of drug-likeness (QED) is 0.803. The van der Waals surface area contributed by atoms with E-state index in [9.17, 15) is 9.18 Å². The van der Waals surface area contributed by atoms with Crippen LogP contribution < -0.4 is 10.6 Å². The molecule has 1 amide bonds. The molecule has 0 spiro atoms. The van der Waals surface area contributed by atoms with E-state index in [-0.39, 0.29) is 11.7 Å². The lowest BCUT2D eigenvalue weighted by molar-refractivity contribution is -0.119. The third kappa shape index (κ3) is 2.53. The van der Waals surface area contributed by atoms with Crippen LogP contribution in [0.5, 0.6) is 0 Å². The number of rotatable bonds is 2. The minimum Gasteiger partial charge on any atom is -0.320 e. The number of nitrogens with two attached hydrogens (primary N) is 1. The number of likely N-dealkylation sites (N-methyl/N-ethyl adjacent to an activating group) is 1. The molecule has 0 heterocycles. The van der Waals surface area contributed by atoms with Crippen LogP contribution in [0.3, 0.4) is 0 Å². The average Bonchev–Trinajstić information content (AvgIpc) is 2.19. The molecule has 82 valence electrons. The Kier molecular flexibility index (Phi) is 3.42. The molecule has 2 N–H and O–H groups in total. The summed E-state index contributed by atoms with van der Waals surface area (Å²) in [4.78, 5) is 13.0. The van der Waals surface area contributed by atoms with Crippen LogP contribution in [0.25, 0.3) is 0 Å². The molecule has 1 aromatic carbocycles. The topological polar surface area (TPSA) is 46.3 Å². The van der Waals surface area contributed by atoms with Crippen molar-refractivity contribution in [3.8, 4) is 0 Å². The van der Waals surface area contributed by atoms with Gasteiger partial charge in [0.15, 0.2) is 0 Å². The first kappa shape index (κ1) is 11.7. The Hall–Kier alpha value is -1.42. The Labute approximate surface area is 88.7 Å². The van der Waals surface area contributed by atoms with E-state index in [1.54, 1.807) is 33.0 Å². The summed E-state index contributed by atoms with van der Waals surface area (Å²) in [5.74, 6) is -0.471. The summed E-state index contributed by atoms with van der Waals surface area (Å²) in [6, 6.07) is 3.97. The fourth-order valence-electron chi connectivity index (χ4n) is 1.27. The Morgan fingerprint density at radius 2 is 2.13 bits per heavy atom. The van der Waals surface area contributed by atoms with E-state index in [2.05, 4.69) is 0 Å². The number of anilines is 1. The van der Waals surface area contributed by atoms with Crippen molar-refractivity contribution < 1.29 is 9.18 Å². The number of halogens is 1. The molecule has 3 nitrogen and oxygen atoms in total. The summed E-state index contributed by atoms with van der Waals surface area (Å²) < 4.78 is 13.0. The maximum atomic E-state index is 13.0. The highest BCUT2D eigenvalue weighted by molar-refractivity contribution is 5.96. The van der Waals surface area contributed by atoms with Gasteiger partial charge in [-0.25, -0.2) is 4.39 Å². The van der Waals surface area contributed by atoms with Crippen LogP contribution >= 0.6 is 0 Å². The predicted molar refractivity (Wildman–Crippen MR) is 58.2 cm³/mol. The van der Waals surface area contributed by atoms with E-state index < -0.39 is 6.04 Å². The summed E-state index contributed by atoms with van der Waals surface area (Å²) >= 11 is 0. The second kappa shape index (κ2) is 4.40. The first-order chi connectivity index (χ1) is 6.93. The molecule has 4 heteroatoms. The number of carbonyl (C=O) groups is 1. The van der Waals surface area contributed by atoms with Gasteiger partial charge in [-0.3, -0.25) is 4.79 Å². The Morgan fingerprint density at radius 3 is 2.60 bits per heavy atom. The number of benzene rings is 1. The number of nitrogens with zero attached hydrogens (tertiary/aromatic N) is 1. The molecule has 1 rings (SSSR count). The monoisotopic (exact) mass is 210 g/mol. The fraction of sp³-hybridized carbons (Fsp3) is 0.364. The molecular formula is C11H15FN2O. The lowest BCUT2D eigenvalue weighted by Crippen LogP contribution is -2.39. The van der Waals surface area contributed by atoms with E-state index in [1.807, 2.05) is 0 Å². The molecule has 1 atom stereocenters. The maximum absolute atomic E-state index is 13.0. The highest BCUT2D eigenvalue weighted by Gasteiger charge is 2.15. The SMILES string of the molecule is Cc1cc(N(C)C(=O)C(C)N)ccc1F. The van der Waals surface area contributed by atoms with Crippen LogP contribution in [-0.2, 0) is 4.79 Å². The van der Waals surface area contributed by atoms with Crippen molar-refractivity contribution in [3.63, 3.8) is 0 Å².